The van der Waals surface area contributed by atoms with Gasteiger partial charge in [-0.1, -0.05) is 60.1 Å². The molecule has 2 heterocycles. The molecular formula is C22H17ClN4O2. The number of hydrogen-bond acceptors (Lipinski definition) is 3. The predicted molar refractivity (Wildman–Crippen MR) is 113 cm³/mol. The summed E-state index contributed by atoms with van der Waals surface area (Å²) in [6, 6.07) is 19.8. The Labute approximate surface area is 171 Å². The standard InChI is InChI=1S/C22H17ClN4O2/c23-19-9-5-4-8-16(19)13-27-14-17(10-11-20(27)28)25-22(29)18-12-24-26-21(18)15-6-2-1-3-7-15/h1-12,14H,13H2,(H,24,26)(H,25,29). The number of amides is 1. The summed E-state index contributed by atoms with van der Waals surface area (Å²) in [5, 5.41) is 10.3. The van der Waals surface area contributed by atoms with Gasteiger partial charge in [0.2, 0.25) is 0 Å². The molecule has 0 atom stereocenters. The van der Waals surface area contributed by atoms with E-state index >= 15 is 0 Å². The van der Waals surface area contributed by atoms with E-state index in [1.165, 1.54) is 16.8 Å². The molecule has 144 valence electrons. The second-order valence-electron chi connectivity index (χ2n) is 6.45. The number of hydrogen-bond donors (Lipinski definition) is 2. The van der Waals surface area contributed by atoms with Gasteiger partial charge in [0.15, 0.2) is 0 Å². The SMILES string of the molecule is O=C(Nc1ccc(=O)n(Cc2ccccc2Cl)c1)c1cn[nH]c1-c1ccccc1. The maximum absolute atomic E-state index is 12.8. The highest BCUT2D eigenvalue weighted by Gasteiger charge is 2.15. The van der Waals surface area contributed by atoms with E-state index in [9.17, 15) is 9.59 Å². The van der Waals surface area contributed by atoms with Crippen LogP contribution < -0.4 is 10.9 Å². The first kappa shape index (κ1) is 18.7. The van der Waals surface area contributed by atoms with Crippen molar-refractivity contribution in [3.05, 3.63) is 106 Å². The van der Waals surface area contributed by atoms with Crippen molar-refractivity contribution in [2.24, 2.45) is 0 Å². The molecule has 4 aromatic rings. The highest BCUT2D eigenvalue weighted by atomic mass is 35.5. The predicted octanol–water partition coefficient (Wildman–Crippen LogP) is 4.19. The molecule has 6 nitrogen and oxygen atoms in total. The molecule has 1 amide bonds. The van der Waals surface area contributed by atoms with Crippen LogP contribution in [0.25, 0.3) is 11.3 Å². The Morgan fingerprint density at radius 1 is 1.03 bits per heavy atom. The Morgan fingerprint density at radius 3 is 2.59 bits per heavy atom. The topological polar surface area (TPSA) is 79.8 Å². The zero-order valence-electron chi connectivity index (χ0n) is 15.3. The zero-order chi connectivity index (χ0) is 20.2. The molecule has 4 rings (SSSR count). The van der Waals surface area contributed by atoms with Crippen molar-refractivity contribution in [1.82, 2.24) is 14.8 Å². The number of nitrogens with zero attached hydrogens (tertiary/aromatic N) is 2. The van der Waals surface area contributed by atoms with E-state index in [0.29, 0.717) is 28.5 Å². The summed E-state index contributed by atoms with van der Waals surface area (Å²) in [5.74, 6) is -0.319. The third kappa shape index (κ3) is 4.12. The minimum Gasteiger partial charge on any atom is -0.321 e. The molecule has 7 heteroatoms. The number of rotatable bonds is 5. The van der Waals surface area contributed by atoms with Crippen LogP contribution in [0.15, 0.2) is 83.9 Å². The molecular weight excluding hydrogens is 388 g/mol. The molecule has 0 aliphatic rings. The first-order valence-corrected chi connectivity index (χ1v) is 9.33. The maximum atomic E-state index is 12.8. The first-order valence-electron chi connectivity index (χ1n) is 8.96. The second kappa shape index (κ2) is 8.16. The minimum absolute atomic E-state index is 0.184. The van der Waals surface area contributed by atoms with Gasteiger partial charge in [0.05, 0.1) is 29.7 Å². The van der Waals surface area contributed by atoms with Crippen molar-refractivity contribution >= 4 is 23.2 Å². The number of aromatic nitrogens is 3. The maximum Gasteiger partial charge on any atom is 0.259 e. The van der Waals surface area contributed by atoms with Crippen LogP contribution in [0.2, 0.25) is 5.02 Å². The van der Waals surface area contributed by atoms with Gasteiger partial charge < -0.3 is 9.88 Å². The summed E-state index contributed by atoms with van der Waals surface area (Å²) < 4.78 is 1.50. The van der Waals surface area contributed by atoms with Crippen LogP contribution in [0.5, 0.6) is 0 Å². The summed E-state index contributed by atoms with van der Waals surface area (Å²) in [4.78, 5) is 25.0. The van der Waals surface area contributed by atoms with E-state index in [-0.39, 0.29) is 11.5 Å². The number of benzene rings is 2. The first-order chi connectivity index (χ1) is 14.1. The lowest BCUT2D eigenvalue weighted by molar-refractivity contribution is 0.102. The molecule has 2 aromatic carbocycles. The molecule has 0 saturated carbocycles. The van der Waals surface area contributed by atoms with Gasteiger partial charge in [0, 0.05) is 22.8 Å². The average molecular weight is 405 g/mol. The average Bonchev–Trinajstić information content (AvgIpc) is 3.23. The smallest absolute Gasteiger partial charge is 0.259 e. The van der Waals surface area contributed by atoms with Gasteiger partial charge in [-0.3, -0.25) is 14.7 Å². The lowest BCUT2D eigenvalue weighted by Crippen LogP contribution is -2.21. The molecule has 29 heavy (non-hydrogen) atoms. The monoisotopic (exact) mass is 404 g/mol. The molecule has 0 fully saturated rings. The van der Waals surface area contributed by atoms with Crippen LogP contribution in [0.4, 0.5) is 5.69 Å². The number of anilines is 1. The summed E-state index contributed by atoms with van der Waals surface area (Å²) in [5.41, 5.74) is 3.05. The van der Waals surface area contributed by atoms with Gasteiger partial charge in [-0.05, 0) is 17.7 Å². The van der Waals surface area contributed by atoms with E-state index in [1.54, 1.807) is 18.3 Å². The van der Waals surface area contributed by atoms with Crippen molar-refractivity contribution < 1.29 is 4.79 Å². The molecule has 2 N–H and O–H groups in total. The number of aromatic amines is 1. The molecule has 0 spiro atoms. The number of carbonyl (C=O) groups is 1. The lowest BCUT2D eigenvalue weighted by Gasteiger charge is -2.11. The fourth-order valence-electron chi connectivity index (χ4n) is 3.02. The van der Waals surface area contributed by atoms with Crippen molar-refractivity contribution in [2.75, 3.05) is 5.32 Å². The van der Waals surface area contributed by atoms with Gasteiger partial charge in [-0.15, -0.1) is 0 Å². The highest BCUT2D eigenvalue weighted by Crippen LogP contribution is 2.22. The quantitative estimate of drug-likeness (QED) is 0.523. The summed E-state index contributed by atoms with van der Waals surface area (Å²) in [6.07, 6.45) is 3.09. The van der Waals surface area contributed by atoms with Gasteiger partial charge in [0.25, 0.3) is 11.5 Å². The minimum atomic E-state index is -0.319. The molecule has 0 aliphatic heterocycles. The molecule has 0 unspecified atom stereocenters. The summed E-state index contributed by atoms with van der Waals surface area (Å²) in [6.45, 7) is 0.309. The van der Waals surface area contributed by atoms with Crippen LogP contribution >= 0.6 is 11.6 Å². The molecule has 0 aliphatic carbocycles. The van der Waals surface area contributed by atoms with Crippen LogP contribution in [0.3, 0.4) is 0 Å². The van der Waals surface area contributed by atoms with Crippen molar-refractivity contribution in [1.29, 1.82) is 0 Å². The summed E-state index contributed by atoms with van der Waals surface area (Å²) >= 11 is 6.20. The fraction of sp³-hybridized carbons (Fsp3) is 0.0455. The fourth-order valence-corrected chi connectivity index (χ4v) is 3.22. The van der Waals surface area contributed by atoms with Crippen molar-refractivity contribution in [3.63, 3.8) is 0 Å². The molecule has 2 aromatic heterocycles. The Balaban J connectivity index is 1.58. The number of pyridine rings is 1. The van der Waals surface area contributed by atoms with Crippen LogP contribution in [-0.4, -0.2) is 20.7 Å². The number of carbonyl (C=O) groups excluding carboxylic acids is 1. The zero-order valence-corrected chi connectivity index (χ0v) is 16.1. The summed E-state index contributed by atoms with van der Waals surface area (Å²) in [7, 11) is 0. The lowest BCUT2D eigenvalue weighted by atomic mass is 10.1. The van der Waals surface area contributed by atoms with Crippen LogP contribution in [0, 0.1) is 0 Å². The van der Waals surface area contributed by atoms with Crippen molar-refractivity contribution in [2.45, 2.75) is 6.54 Å². The van der Waals surface area contributed by atoms with Gasteiger partial charge >= 0.3 is 0 Å². The normalized spacial score (nSPS) is 10.7. The number of H-pyrrole nitrogens is 1. The molecule has 0 bridgehead atoms. The van der Waals surface area contributed by atoms with E-state index in [0.717, 1.165) is 11.1 Å². The van der Waals surface area contributed by atoms with Gasteiger partial charge in [0.1, 0.15) is 0 Å². The largest absolute Gasteiger partial charge is 0.321 e. The Bertz CT molecular complexity index is 1210. The molecule has 0 saturated heterocycles. The van der Waals surface area contributed by atoms with Crippen LogP contribution in [-0.2, 0) is 6.54 Å². The Hall–Kier alpha value is -3.64. The highest BCUT2D eigenvalue weighted by molar-refractivity contribution is 6.31. The third-order valence-corrected chi connectivity index (χ3v) is 4.86. The third-order valence-electron chi connectivity index (χ3n) is 4.49. The van der Waals surface area contributed by atoms with E-state index < -0.39 is 0 Å². The molecule has 0 radical (unpaired) electrons. The number of nitrogens with one attached hydrogen (secondary N) is 2. The Morgan fingerprint density at radius 2 is 1.79 bits per heavy atom. The van der Waals surface area contributed by atoms with Crippen LogP contribution in [0.1, 0.15) is 15.9 Å². The van der Waals surface area contributed by atoms with E-state index in [1.807, 2.05) is 48.5 Å². The van der Waals surface area contributed by atoms with Gasteiger partial charge in [-0.25, -0.2) is 0 Å². The van der Waals surface area contributed by atoms with E-state index in [2.05, 4.69) is 15.5 Å². The number of halogens is 1. The second-order valence-corrected chi connectivity index (χ2v) is 6.86. The Kier molecular flexibility index (Phi) is 5.27. The van der Waals surface area contributed by atoms with Gasteiger partial charge in [-0.2, -0.15) is 5.10 Å². The van der Waals surface area contributed by atoms with E-state index in [4.69, 9.17) is 11.6 Å². The van der Waals surface area contributed by atoms with Crippen molar-refractivity contribution in [3.8, 4) is 11.3 Å².